The molecule has 2 atom stereocenters. The minimum atomic E-state index is -4.64. The number of aromatic nitrogens is 2. The second kappa shape index (κ2) is 8.24. The predicted molar refractivity (Wildman–Crippen MR) is 125 cm³/mol. The largest absolute Gasteiger partial charge is 0.481 e. The third-order valence-electron chi connectivity index (χ3n) is 5.56. The van der Waals surface area contributed by atoms with E-state index in [1.54, 1.807) is 18.2 Å². The van der Waals surface area contributed by atoms with E-state index in [1.807, 2.05) is 6.92 Å². The Hall–Kier alpha value is -3.18. The monoisotopic (exact) mass is 508 g/mol. The average molecular weight is 509 g/mol. The molecule has 2 aromatic heterocycles. The van der Waals surface area contributed by atoms with Gasteiger partial charge in [-0.05, 0) is 55.8 Å². The Morgan fingerprint density at radius 2 is 1.91 bits per heavy atom. The van der Waals surface area contributed by atoms with Gasteiger partial charge in [-0.15, -0.1) is 17.9 Å². The molecule has 0 saturated carbocycles. The summed E-state index contributed by atoms with van der Waals surface area (Å²) in [5.74, 6) is -2.61. The Balaban J connectivity index is 1.96. The van der Waals surface area contributed by atoms with Gasteiger partial charge in [-0.25, -0.2) is 17.4 Å². The van der Waals surface area contributed by atoms with E-state index in [4.69, 9.17) is 0 Å². The lowest BCUT2D eigenvalue weighted by Gasteiger charge is -2.20. The van der Waals surface area contributed by atoms with Crippen molar-refractivity contribution in [2.24, 2.45) is 0 Å². The van der Waals surface area contributed by atoms with E-state index in [1.165, 1.54) is 30.4 Å². The molecule has 6 nitrogen and oxygen atoms in total. The lowest BCUT2D eigenvalue weighted by Crippen LogP contribution is -2.24. The highest BCUT2D eigenvalue weighted by atomic mass is 32.2. The van der Waals surface area contributed by atoms with E-state index in [0.29, 0.717) is 11.1 Å². The molecule has 0 aliphatic carbocycles. The summed E-state index contributed by atoms with van der Waals surface area (Å²) < 4.78 is 69.1. The predicted octanol–water partition coefficient (Wildman–Crippen LogP) is 5.87. The molecular formula is C23H19F3N2O4S2. The van der Waals surface area contributed by atoms with E-state index >= 15 is 0 Å². The van der Waals surface area contributed by atoms with Crippen molar-refractivity contribution in [1.29, 1.82) is 0 Å². The molecule has 0 bridgehead atoms. The van der Waals surface area contributed by atoms with E-state index in [9.17, 15) is 31.5 Å². The zero-order valence-electron chi connectivity index (χ0n) is 18.0. The van der Waals surface area contributed by atoms with Gasteiger partial charge in [0.25, 0.3) is 0 Å². The molecule has 34 heavy (non-hydrogen) atoms. The average Bonchev–Trinajstić information content (AvgIpc) is 3.31. The summed E-state index contributed by atoms with van der Waals surface area (Å²) in [5, 5.41) is 9.05. The number of thiazole rings is 1. The van der Waals surface area contributed by atoms with Gasteiger partial charge in [-0.1, -0.05) is 12.1 Å². The van der Waals surface area contributed by atoms with Crippen LogP contribution in [0, 0.1) is 6.92 Å². The van der Waals surface area contributed by atoms with Crippen LogP contribution in [-0.2, 0) is 21.0 Å². The number of hydrogen-bond donors (Lipinski definition) is 1. The van der Waals surface area contributed by atoms with E-state index in [-0.39, 0.29) is 16.6 Å². The third kappa shape index (κ3) is 3.98. The molecule has 0 spiro atoms. The Labute approximate surface area is 197 Å². The molecule has 2 aromatic carbocycles. The van der Waals surface area contributed by atoms with Crippen LogP contribution in [0.3, 0.4) is 0 Å². The smallest absolute Gasteiger partial charge is 0.416 e. The zero-order chi connectivity index (χ0) is 25.0. The normalized spacial score (nSPS) is 14.4. The van der Waals surface area contributed by atoms with Crippen molar-refractivity contribution in [2.45, 2.75) is 31.2 Å². The molecule has 178 valence electrons. The number of benzene rings is 2. The first-order chi connectivity index (χ1) is 15.8. The summed E-state index contributed by atoms with van der Waals surface area (Å²) >= 11 is 1.39. The molecule has 1 N–H and O–H groups in total. The van der Waals surface area contributed by atoms with Crippen molar-refractivity contribution in [3.8, 4) is 0 Å². The van der Waals surface area contributed by atoms with Gasteiger partial charge in [0.1, 0.15) is 5.25 Å². The van der Waals surface area contributed by atoms with Crippen molar-refractivity contribution >= 4 is 48.4 Å². The Morgan fingerprint density at radius 1 is 1.21 bits per heavy atom. The van der Waals surface area contributed by atoms with Crippen molar-refractivity contribution in [3.63, 3.8) is 0 Å². The number of carbonyl (C=O) groups is 1. The van der Waals surface area contributed by atoms with Gasteiger partial charge in [0.2, 0.25) is 10.0 Å². The number of alkyl halides is 3. The maximum Gasteiger partial charge on any atom is 0.416 e. The molecule has 0 saturated heterocycles. The highest BCUT2D eigenvalue weighted by Crippen LogP contribution is 2.38. The summed E-state index contributed by atoms with van der Waals surface area (Å²) in [5.41, 5.74) is -0.0667. The second-order valence-electron chi connectivity index (χ2n) is 7.83. The minimum absolute atomic E-state index is 0.0298. The summed E-state index contributed by atoms with van der Waals surface area (Å²) in [6, 6.07) is 8.77. The van der Waals surface area contributed by atoms with E-state index in [0.717, 1.165) is 31.9 Å². The van der Waals surface area contributed by atoms with Crippen LogP contribution < -0.4 is 0 Å². The topological polar surface area (TPSA) is 89.3 Å². The van der Waals surface area contributed by atoms with Crippen LogP contribution in [0.25, 0.3) is 21.1 Å². The number of aliphatic carboxylic acids is 1. The first kappa shape index (κ1) is 24.0. The Kier molecular flexibility index (Phi) is 5.81. The lowest BCUT2D eigenvalue weighted by molar-refractivity contribution is -0.139. The second-order valence-corrected chi connectivity index (χ2v) is 11.0. The fourth-order valence-electron chi connectivity index (χ4n) is 3.88. The van der Waals surface area contributed by atoms with Crippen LogP contribution in [-0.4, -0.2) is 28.5 Å². The van der Waals surface area contributed by atoms with E-state index in [2.05, 4.69) is 11.6 Å². The fraction of sp³-hybridized carbons (Fsp3) is 0.217. The zero-order valence-corrected chi connectivity index (χ0v) is 19.6. The number of carboxylic acids is 1. The summed E-state index contributed by atoms with van der Waals surface area (Å²) in [6.07, 6.45) is -3.42. The standard InChI is InChI=1S/C23H19F3N2O4S2/c1-4-21(14-5-7-17-20(11-14)33-13(3)27-17)34(31,32)28-18-8-6-16(23(24,25)26)9-15(18)10-19(28)12(2)22(29)30/h4-12,21H,1H2,2-3H3,(H,29,30). The number of carboxylic acid groups (broad SMARTS) is 1. The quantitative estimate of drug-likeness (QED) is 0.329. The number of hydrogen-bond acceptors (Lipinski definition) is 5. The van der Waals surface area contributed by atoms with Crippen LogP contribution in [0.1, 0.15) is 39.9 Å². The van der Waals surface area contributed by atoms with Gasteiger partial charge in [0.15, 0.2) is 0 Å². The molecule has 0 aliphatic rings. The number of halogens is 3. The summed E-state index contributed by atoms with van der Waals surface area (Å²) in [6.45, 7) is 6.77. The van der Waals surface area contributed by atoms with Gasteiger partial charge >= 0.3 is 12.1 Å². The van der Waals surface area contributed by atoms with Gasteiger partial charge in [0.05, 0.1) is 32.2 Å². The number of nitrogens with zero attached hydrogens (tertiary/aromatic N) is 2. The molecular weight excluding hydrogens is 489 g/mol. The van der Waals surface area contributed by atoms with Crippen molar-refractivity contribution in [3.05, 3.63) is 76.9 Å². The number of aryl methyl sites for hydroxylation is 1. The highest BCUT2D eigenvalue weighted by Gasteiger charge is 2.35. The van der Waals surface area contributed by atoms with Crippen LogP contribution in [0.4, 0.5) is 13.2 Å². The number of rotatable bonds is 6. The molecule has 0 aliphatic heterocycles. The molecule has 11 heteroatoms. The molecule has 0 fully saturated rings. The van der Waals surface area contributed by atoms with Crippen molar-refractivity contribution in [2.75, 3.05) is 0 Å². The fourth-order valence-corrected chi connectivity index (χ4v) is 6.66. The van der Waals surface area contributed by atoms with Crippen LogP contribution >= 0.6 is 11.3 Å². The maximum absolute atomic E-state index is 13.9. The highest BCUT2D eigenvalue weighted by molar-refractivity contribution is 7.90. The lowest BCUT2D eigenvalue weighted by atomic mass is 10.1. The van der Waals surface area contributed by atoms with Crippen molar-refractivity contribution < 1.29 is 31.5 Å². The molecule has 2 unspecified atom stereocenters. The molecule has 0 radical (unpaired) electrons. The van der Waals surface area contributed by atoms with Crippen LogP contribution in [0.2, 0.25) is 0 Å². The maximum atomic E-state index is 13.9. The first-order valence-corrected chi connectivity index (χ1v) is 12.4. The molecule has 2 heterocycles. The van der Waals surface area contributed by atoms with Crippen LogP contribution in [0.15, 0.2) is 55.1 Å². The summed E-state index contributed by atoms with van der Waals surface area (Å²) in [4.78, 5) is 16.1. The van der Waals surface area contributed by atoms with Gasteiger partial charge < -0.3 is 5.11 Å². The van der Waals surface area contributed by atoms with Gasteiger partial charge in [-0.3, -0.25) is 4.79 Å². The van der Waals surface area contributed by atoms with E-state index < -0.39 is 38.9 Å². The van der Waals surface area contributed by atoms with Gasteiger partial charge in [-0.2, -0.15) is 13.2 Å². The number of fused-ring (bicyclic) bond motifs is 2. The Morgan fingerprint density at radius 3 is 2.53 bits per heavy atom. The molecule has 4 rings (SSSR count). The third-order valence-corrected chi connectivity index (χ3v) is 8.52. The summed E-state index contributed by atoms with van der Waals surface area (Å²) in [7, 11) is -4.37. The Bertz CT molecular complexity index is 1550. The SMILES string of the molecule is C=CC(c1ccc2nc(C)sc2c1)S(=O)(=O)n1c(C(C)C(=O)O)cc2cc(C(F)(F)F)ccc21. The molecule has 4 aromatic rings. The van der Waals surface area contributed by atoms with Crippen LogP contribution in [0.5, 0.6) is 0 Å². The van der Waals surface area contributed by atoms with Crippen molar-refractivity contribution in [1.82, 2.24) is 8.96 Å². The first-order valence-electron chi connectivity index (χ1n) is 10.0. The molecule has 0 amide bonds. The minimum Gasteiger partial charge on any atom is -0.481 e. The van der Waals surface area contributed by atoms with Gasteiger partial charge in [0, 0.05) is 11.1 Å².